The van der Waals surface area contributed by atoms with Crippen LogP contribution in [0.4, 0.5) is 5.69 Å². The second-order valence-electron chi connectivity index (χ2n) is 6.10. The highest BCUT2D eigenvalue weighted by Crippen LogP contribution is 2.30. The monoisotopic (exact) mass is 424 g/mol. The van der Waals surface area contributed by atoms with E-state index < -0.39 is 5.97 Å². The molecule has 1 amide bonds. The Morgan fingerprint density at radius 2 is 1.93 bits per heavy atom. The van der Waals surface area contributed by atoms with Gasteiger partial charge < -0.3 is 15.2 Å². The zero-order valence-corrected chi connectivity index (χ0v) is 17.1. The van der Waals surface area contributed by atoms with Crippen LogP contribution >= 0.6 is 11.8 Å². The molecule has 0 bridgehead atoms. The van der Waals surface area contributed by atoms with Gasteiger partial charge in [-0.2, -0.15) is 0 Å². The lowest BCUT2D eigenvalue weighted by atomic mass is 10.2. The van der Waals surface area contributed by atoms with Crippen LogP contribution in [0.2, 0.25) is 0 Å². The van der Waals surface area contributed by atoms with Gasteiger partial charge >= 0.3 is 5.97 Å². The van der Waals surface area contributed by atoms with Crippen LogP contribution < -0.4 is 5.32 Å². The van der Waals surface area contributed by atoms with Crippen molar-refractivity contribution < 1.29 is 19.4 Å². The predicted molar refractivity (Wildman–Crippen MR) is 114 cm³/mol. The van der Waals surface area contributed by atoms with E-state index in [4.69, 9.17) is 4.74 Å². The molecule has 154 valence electrons. The molecule has 30 heavy (non-hydrogen) atoms. The van der Waals surface area contributed by atoms with Gasteiger partial charge in [-0.05, 0) is 24.3 Å². The van der Waals surface area contributed by atoms with Gasteiger partial charge in [-0.15, -0.1) is 16.8 Å². The van der Waals surface area contributed by atoms with Gasteiger partial charge in [0.15, 0.2) is 11.0 Å². The number of carbonyl (C=O) groups excluding carboxylic acids is 2. The lowest BCUT2D eigenvalue weighted by Crippen LogP contribution is -2.17. The number of aromatic nitrogens is 3. The number of esters is 1. The molecular weight excluding hydrogens is 404 g/mol. The fraction of sp³-hybridized carbons (Fsp3) is 0.143. The van der Waals surface area contributed by atoms with Crippen LogP contribution in [-0.4, -0.2) is 44.6 Å². The minimum atomic E-state index is -0.531. The van der Waals surface area contributed by atoms with Crippen molar-refractivity contribution in [3.8, 4) is 17.1 Å². The molecule has 3 aromatic rings. The number of methoxy groups -OCH3 is 1. The van der Waals surface area contributed by atoms with Crippen LogP contribution in [0.1, 0.15) is 10.4 Å². The van der Waals surface area contributed by atoms with Gasteiger partial charge in [-0.1, -0.05) is 42.1 Å². The summed E-state index contributed by atoms with van der Waals surface area (Å²) < 4.78 is 6.50. The van der Waals surface area contributed by atoms with Gasteiger partial charge in [0.05, 0.1) is 29.7 Å². The van der Waals surface area contributed by atoms with Crippen molar-refractivity contribution in [1.82, 2.24) is 14.8 Å². The highest BCUT2D eigenvalue weighted by Gasteiger charge is 2.18. The maximum absolute atomic E-state index is 12.4. The number of allylic oxidation sites excluding steroid dienone is 1. The number of aromatic hydroxyl groups is 1. The van der Waals surface area contributed by atoms with E-state index in [1.165, 1.54) is 18.9 Å². The highest BCUT2D eigenvalue weighted by molar-refractivity contribution is 7.99. The zero-order valence-electron chi connectivity index (χ0n) is 16.2. The number of thioether (sulfide) groups is 1. The number of phenols is 1. The van der Waals surface area contributed by atoms with E-state index in [-0.39, 0.29) is 23.0 Å². The molecule has 0 spiro atoms. The summed E-state index contributed by atoms with van der Waals surface area (Å²) in [5.41, 5.74) is 1.18. The van der Waals surface area contributed by atoms with Crippen molar-refractivity contribution in [3.05, 3.63) is 66.7 Å². The van der Waals surface area contributed by atoms with E-state index in [0.717, 1.165) is 0 Å². The maximum atomic E-state index is 12.4. The Kier molecular flexibility index (Phi) is 6.87. The molecule has 0 aliphatic rings. The summed E-state index contributed by atoms with van der Waals surface area (Å²) >= 11 is 1.19. The Hall–Kier alpha value is -3.59. The molecule has 2 N–H and O–H groups in total. The lowest BCUT2D eigenvalue weighted by molar-refractivity contribution is -0.113. The Morgan fingerprint density at radius 3 is 2.67 bits per heavy atom. The number of hydrogen-bond acceptors (Lipinski definition) is 7. The molecule has 0 radical (unpaired) electrons. The molecule has 0 fully saturated rings. The molecular formula is C21H20N4O4S. The normalized spacial score (nSPS) is 10.4. The van der Waals surface area contributed by atoms with Gasteiger partial charge in [0.1, 0.15) is 5.75 Å². The van der Waals surface area contributed by atoms with Crippen molar-refractivity contribution in [2.45, 2.75) is 11.7 Å². The molecule has 0 aliphatic heterocycles. The van der Waals surface area contributed by atoms with Gasteiger partial charge in [0.25, 0.3) is 0 Å². The van der Waals surface area contributed by atoms with E-state index in [0.29, 0.717) is 28.8 Å². The predicted octanol–water partition coefficient (Wildman–Crippen LogP) is 3.35. The Bertz CT molecular complexity index is 1080. The number of anilines is 1. The van der Waals surface area contributed by atoms with Gasteiger partial charge in [-0.25, -0.2) is 4.79 Å². The number of nitrogens with zero attached hydrogens (tertiary/aromatic N) is 3. The topological polar surface area (TPSA) is 106 Å². The van der Waals surface area contributed by atoms with Crippen LogP contribution in [0.5, 0.6) is 5.75 Å². The van der Waals surface area contributed by atoms with Crippen LogP contribution in [-0.2, 0) is 16.1 Å². The summed E-state index contributed by atoms with van der Waals surface area (Å²) in [5, 5.41) is 21.7. The molecule has 0 unspecified atom stereocenters. The zero-order chi connectivity index (χ0) is 21.5. The third-order valence-electron chi connectivity index (χ3n) is 4.11. The van der Waals surface area contributed by atoms with Crippen molar-refractivity contribution in [1.29, 1.82) is 0 Å². The van der Waals surface area contributed by atoms with Crippen molar-refractivity contribution in [2.75, 3.05) is 18.2 Å². The number of phenolic OH excluding ortho intramolecular Hbond substituents is 1. The standard InChI is InChI=1S/C21H20N4O4S/c1-3-12-25-19(15-9-5-7-11-17(15)26)23-24-21(25)30-13-18(27)22-16-10-6-4-8-14(16)20(28)29-2/h3-11,26H,1,12-13H2,2H3,(H,22,27). The summed E-state index contributed by atoms with van der Waals surface area (Å²) in [4.78, 5) is 24.3. The van der Waals surface area contributed by atoms with Crippen molar-refractivity contribution >= 4 is 29.3 Å². The maximum Gasteiger partial charge on any atom is 0.339 e. The average Bonchev–Trinajstić information content (AvgIpc) is 3.15. The second kappa shape index (κ2) is 9.75. The first-order chi connectivity index (χ1) is 14.5. The Balaban J connectivity index is 1.75. The third-order valence-corrected chi connectivity index (χ3v) is 5.08. The molecule has 0 aliphatic carbocycles. The van der Waals surface area contributed by atoms with Crippen LogP contribution in [0.3, 0.4) is 0 Å². The summed E-state index contributed by atoms with van der Waals surface area (Å²) in [6, 6.07) is 13.4. The fourth-order valence-electron chi connectivity index (χ4n) is 2.75. The minimum Gasteiger partial charge on any atom is -0.507 e. The minimum absolute atomic E-state index is 0.0472. The number of carbonyl (C=O) groups is 2. The van der Waals surface area contributed by atoms with Crippen LogP contribution in [0.25, 0.3) is 11.4 Å². The summed E-state index contributed by atoms with van der Waals surface area (Å²) in [7, 11) is 1.28. The average molecular weight is 424 g/mol. The van der Waals surface area contributed by atoms with E-state index in [1.54, 1.807) is 59.2 Å². The number of benzene rings is 2. The van der Waals surface area contributed by atoms with E-state index >= 15 is 0 Å². The summed E-state index contributed by atoms with van der Waals surface area (Å²) in [6.45, 7) is 4.16. The first-order valence-electron chi connectivity index (χ1n) is 8.97. The SMILES string of the molecule is C=CCn1c(SCC(=O)Nc2ccccc2C(=O)OC)nnc1-c1ccccc1O. The molecule has 0 saturated heterocycles. The number of ether oxygens (including phenoxy) is 1. The van der Waals surface area contributed by atoms with E-state index in [1.807, 2.05) is 0 Å². The number of amides is 1. The molecule has 8 nitrogen and oxygen atoms in total. The first kappa shape index (κ1) is 21.1. The molecule has 1 heterocycles. The fourth-order valence-corrected chi connectivity index (χ4v) is 3.50. The molecule has 1 aromatic heterocycles. The van der Waals surface area contributed by atoms with Crippen LogP contribution in [0.15, 0.2) is 66.3 Å². The third kappa shape index (κ3) is 4.69. The Labute approximate surface area is 177 Å². The number of rotatable bonds is 8. The quantitative estimate of drug-likeness (QED) is 0.324. The molecule has 0 saturated carbocycles. The molecule has 2 aromatic carbocycles. The number of nitrogens with one attached hydrogen (secondary N) is 1. The van der Waals surface area contributed by atoms with Crippen LogP contribution in [0, 0.1) is 0 Å². The van der Waals surface area contributed by atoms with Gasteiger partial charge in [0.2, 0.25) is 5.91 Å². The van der Waals surface area contributed by atoms with Crippen molar-refractivity contribution in [2.24, 2.45) is 0 Å². The van der Waals surface area contributed by atoms with E-state index in [2.05, 4.69) is 22.1 Å². The summed E-state index contributed by atoms with van der Waals surface area (Å²) in [5.74, 6) is -0.230. The molecule has 9 heteroatoms. The lowest BCUT2D eigenvalue weighted by Gasteiger charge is -2.10. The largest absolute Gasteiger partial charge is 0.507 e. The number of hydrogen-bond donors (Lipinski definition) is 2. The van der Waals surface area contributed by atoms with E-state index in [9.17, 15) is 14.7 Å². The second-order valence-corrected chi connectivity index (χ2v) is 7.04. The highest BCUT2D eigenvalue weighted by atomic mass is 32.2. The molecule has 0 atom stereocenters. The number of para-hydroxylation sites is 2. The smallest absolute Gasteiger partial charge is 0.339 e. The van der Waals surface area contributed by atoms with Gasteiger partial charge in [-0.3, -0.25) is 9.36 Å². The Morgan fingerprint density at radius 1 is 1.20 bits per heavy atom. The first-order valence-corrected chi connectivity index (χ1v) is 9.96. The van der Waals surface area contributed by atoms with Crippen molar-refractivity contribution in [3.63, 3.8) is 0 Å². The van der Waals surface area contributed by atoms with Gasteiger partial charge in [0, 0.05) is 6.54 Å². The summed E-state index contributed by atoms with van der Waals surface area (Å²) in [6.07, 6.45) is 1.68. The molecule has 3 rings (SSSR count).